The highest BCUT2D eigenvalue weighted by atomic mass is 79.9. The van der Waals surface area contributed by atoms with Gasteiger partial charge in [-0.3, -0.25) is 4.79 Å². The summed E-state index contributed by atoms with van der Waals surface area (Å²) >= 11 is 3.26. The van der Waals surface area contributed by atoms with E-state index < -0.39 is 15.9 Å². The normalized spacial score (nSPS) is 18.8. The summed E-state index contributed by atoms with van der Waals surface area (Å²) in [6.07, 6.45) is 0.412. The summed E-state index contributed by atoms with van der Waals surface area (Å²) in [5.41, 5.74) is 1.39. The van der Waals surface area contributed by atoms with Crippen molar-refractivity contribution in [2.75, 3.05) is 11.5 Å². The van der Waals surface area contributed by atoms with Gasteiger partial charge in [0, 0.05) is 17.0 Å². The van der Waals surface area contributed by atoms with E-state index in [1.54, 1.807) is 17.0 Å². The van der Waals surface area contributed by atoms with Gasteiger partial charge in [-0.25, -0.2) is 8.42 Å². The maximum Gasteiger partial charge on any atom is 0.290 e. The molecule has 0 N–H and O–H groups in total. The lowest BCUT2D eigenvalue weighted by molar-refractivity contribution is 0.0634. The van der Waals surface area contributed by atoms with Gasteiger partial charge in [-0.05, 0) is 47.5 Å². The van der Waals surface area contributed by atoms with E-state index in [1.165, 1.54) is 0 Å². The lowest BCUT2D eigenvalue weighted by Gasteiger charge is -2.26. The average molecular weight is 452 g/mol. The Hall–Kier alpha value is -2.06. The number of amides is 1. The number of nitrogens with zero attached hydrogens (tertiary/aromatic N) is 1. The Labute approximate surface area is 165 Å². The van der Waals surface area contributed by atoms with Crippen LogP contribution in [0.15, 0.2) is 49.9 Å². The number of aryl methyl sites for hydroxylation is 1. The Morgan fingerprint density at radius 2 is 2.00 bits per heavy atom. The Kier molecular flexibility index (Phi) is 4.63. The van der Waals surface area contributed by atoms with Crippen molar-refractivity contribution >= 4 is 42.6 Å². The summed E-state index contributed by atoms with van der Waals surface area (Å²) < 4.78 is 35.9. The quantitative estimate of drug-likeness (QED) is 0.600. The minimum atomic E-state index is -3.14. The van der Waals surface area contributed by atoms with Gasteiger partial charge in [0.2, 0.25) is 0 Å². The number of hydrogen-bond donors (Lipinski definition) is 0. The van der Waals surface area contributed by atoms with Gasteiger partial charge in [-0.15, -0.1) is 0 Å². The number of para-hydroxylation sites is 1. The molecule has 3 heterocycles. The maximum atomic E-state index is 13.3. The topological polar surface area (TPSA) is 80.7 Å². The number of benzene rings is 1. The van der Waals surface area contributed by atoms with Crippen molar-refractivity contribution in [3.05, 3.63) is 58.2 Å². The van der Waals surface area contributed by atoms with Gasteiger partial charge in [-0.1, -0.05) is 18.2 Å². The van der Waals surface area contributed by atoms with E-state index in [0.29, 0.717) is 22.4 Å². The number of sulfone groups is 1. The molecule has 1 amide bonds. The number of rotatable bonds is 4. The molecule has 142 valence electrons. The standard InChI is InChI=1S/C19H18BrNO5S/c1-12-15-4-2-3-5-16(15)26-18(12)19(22)21(10-14-6-7-17(20)25-14)13-8-9-27(23,24)11-13/h2-7,13H,8-11H2,1H3. The number of halogens is 1. The summed E-state index contributed by atoms with van der Waals surface area (Å²) in [5, 5.41) is 0.876. The highest BCUT2D eigenvalue weighted by Gasteiger charge is 2.37. The largest absolute Gasteiger partial charge is 0.452 e. The third kappa shape index (κ3) is 3.55. The Morgan fingerprint density at radius 1 is 1.22 bits per heavy atom. The molecule has 0 bridgehead atoms. The Bertz CT molecular complexity index is 1110. The van der Waals surface area contributed by atoms with Crippen LogP contribution in [0, 0.1) is 6.92 Å². The van der Waals surface area contributed by atoms with Crippen LogP contribution in [0.2, 0.25) is 0 Å². The second kappa shape index (κ2) is 6.83. The van der Waals surface area contributed by atoms with Crippen LogP contribution in [0.3, 0.4) is 0 Å². The van der Waals surface area contributed by atoms with Crippen LogP contribution in [0.25, 0.3) is 11.0 Å². The van der Waals surface area contributed by atoms with Gasteiger partial charge in [-0.2, -0.15) is 0 Å². The molecule has 1 atom stereocenters. The molecule has 0 spiro atoms. The fraction of sp³-hybridized carbons (Fsp3) is 0.316. The summed E-state index contributed by atoms with van der Waals surface area (Å²) in [5.74, 6) is 0.542. The van der Waals surface area contributed by atoms with Gasteiger partial charge in [0.25, 0.3) is 5.91 Å². The van der Waals surface area contributed by atoms with Crippen molar-refractivity contribution in [2.24, 2.45) is 0 Å². The fourth-order valence-corrected chi connectivity index (χ4v) is 5.57. The first-order valence-electron chi connectivity index (χ1n) is 8.58. The van der Waals surface area contributed by atoms with Crippen molar-refractivity contribution < 1.29 is 22.0 Å². The molecule has 1 aromatic carbocycles. The first-order valence-corrected chi connectivity index (χ1v) is 11.2. The number of carbonyl (C=O) groups excluding carboxylic acids is 1. The van der Waals surface area contributed by atoms with E-state index in [1.807, 2.05) is 31.2 Å². The van der Waals surface area contributed by atoms with Crippen LogP contribution in [-0.2, 0) is 16.4 Å². The molecule has 0 aliphatic carbocycles. The molecule has 27 heavy (non-hydrogen) atoms. The van der Waals surface area contributed by atoms with Crippen molar-refractivity contribution in [2.45, 2.75) is 25.9 Å². The molecule has 6 nitrogen and oxygen atoms in total. The summed E-state index contributed by atoms with van der Waals surface area (Å²) in [4.78, 5) is 14.9. The van der Waals surface area contributed by atoms with Crippen LogP contribution in [0.5, 0.6) is 0 Å². The average Bonchev–Trinajstić information content (AvgIpc) is 3.30. The first kappa shape index (κ1) is 18.3. The lowest BCUT2D eigenvalue weighted by Crippen LogP contribution is -2.40. The van der Waals surface area contributed by atoms with Crippen LogP contribution in [-0.4, -0.2) is 36.8 Å². The monoisotopic (exact) mass is 451 g/mol. The van der Waals surface area contributed by atoms with Gasteiger partial charge in [0.15, 0.2) is 20.3 Å². The SMILES string of the molecule is Cc1c(C(=O)N(Cc2ccc(Br)o2)C2CCS(=O)(=O)C2)oc2ccccc12. The predicted octanol–water partition coefficient (Wildman–Crippen LogP) is 3.93. The number of hydrogen-bond acceptors (Lipinski definition) is 5. The zero-order valence-corrected chi connectivity index (χ0v) is 17.0. The van der Waals surface area contributed by atoms with Crippen LogP contribution in [0.4, 0.5) is 0 Å². The maximum absolute atomic E-state index is 13.3. The third-order valence-electron chi connectivity index (χ3n) is 4.90. The fourth-order valence-electron chi connectivity index (χ4n) is 3.50. The summed E-state index contributed by atoms with van der Waals surface area (Å²) in [7, 11) is -3.14. The lowest BCUT2D eigenvalue weighted by atomic mass is 10.1. The van der Waals surface area contributed by atoms with Gasteiger partial charge < -0.3 is 13.7 Å². The Balaban J connectivity index is 1.72. The molecule has 4 rings (SSSR count). The molecule has 2 aromatic heterocycles. The molecular weight excluding hydrogens is 434 g/mol. The first-order chi connectivity index (χ1) is 12.8. The minimum Gasteiger partial charge on any atom is -0.452 e. The van der Waals surface area contributed by atoms with Crippen LogP contribution in [0.1, 0.15) is 28.3 Å². The van der Waals surface area contributed by atoms with Crippen molar-refractivity contribution in [1.29, 1.82) is 0 Å². The van der Waals surface area contributed by atoms with E-state index in [9.17, 15) is 13.2 Å². The number of fused-ring (bicyclic) bond motifs is 1. The van der Waals surface area contributed by atoms with Crippen LogP contribution >= 0.6 is 15.9 Å². The molecule has 1 fully saturated rings. The van der Waals surface area contributed by atoms with Crippen molar-refractivity contribution in [3.63, 3.8) is 0 Å². The van der Waals surface area contributed by atoms with E-state index in [-0.39, 0.29) is 29.7 Å². The second-order valence-electron chi connectivity index (χ2n) is 6.75. The smallest absolute Gasteiger partial charge is 0.290 e. The zero-order chi connectivity index (χ0) is 19.2. The summed E-state index contributed by atoms with van der Waals surface area (Å²) in [6, 6.07) is 10.6. The predicted molar refractivity (Wildman–Crippen MR) is 104 cm³/mol. The molecule has 3 aromatic rings. The molecule has 0 radical (unpaired) electrons. The van der Waals surface area contributed by atoms with Crippen molar-refractivity contribution in [3.8, 4) is 0 Å². The van der Waals surface area contributed by atoms with Crippen LogP contribution < -0.4 is 0 Å². The highest BCUT2D eigenvalue weighted by molar-refractivity contribution is 9.10. The highest BCUT2D eigenvalue weighted by Crippen LogP contribution is 2.29. The van der Waals surface area contributed by atoms with Crippen molar-refractivity contribution in [1.82, 2.24) is 4.90 Å². The molecule has 8 heteroatoms. The van der Waals surface area contributed by atoms with E-state index in [0.717, 1.165) is 10.9 Å². The van der Waals surface area contributed by atoms with E-state index in [4.69, 9.17) is 8.83 Å². The van der Waals surface area contributed by atoms with Gasteiger partial charge >= 0.3 is 0 Å². The third-order valence-corrected chi connectivity index (χ3v) is 7.08. The number of carbonyl (C=O) groups is 1. The molecule has 1 saturated heterocycles. The van der Waals surface area contributed by atoms with Gasteiger partial charge in [0.1, 0.15) is 11.3 Å². The Morgan fingerprint density at radius 3 is 2.63 bits per heavy atom. The van der Waals surface area contributed by atoms with E-state index in [2.05, 4.69) is 15.9 Å². The molecule has 1 unspecified atom stereocenters. The summed E-state index contributed by atoms with van der Waals surface area (Å²) in [6.45, 7) is 2.02. The molecule has 1 aliphatic rings. The molecule has 0 saturated carbocycles. The number of furan rings is 2. The molecular formula is C19H18BrNO5S. The second-order valence-corrected chi connectivity index (χ2v) is 9.76. The minimum absolute atomic E-state index is 0.0418. The van der Waals surface area contributed by atoms with E-state index >= 15 is 0 Å². The zero-order valence-electron chi connectivity index (χ0n) is 14.6. The van der Waals surface area contributed by atoms with Gasteiger partial charge in [0.05, 0.1) is 18.1 Å². The molecule has 1 aliphatic heterocycles.